The van der Waals surface area contributed by atoms with Crippen LogP contribution in [0, 0.1) is 0 Å². The van der Waals surface area contributed by atoms with E-state index in [0.29, 0.717) is 6.61 Å². The van der Waals surface area contributed by atoms with Crippen molar-refractivity contribution in [3.63, 3.8) is 0 Å². The zero-order valence-electron chi connectivity index (χ0n) is 11.8. The van der Waals surface area contributed by atoms with E-state index in [2.05, 4.69) is 34.6 Å². The van der Waals surface area contributed by atoms with Crippen molar-refractivity contribution in [1.29, 1.82) is 0 Å². The highest BCUT2D eigenvalue weighted by molar-refractivity contribution is 5.26. The Bertz CT molecular complexity index is 633. The van der Waals surface area contributed by atoms with E-state index in [1.165, 1.54) is 16.8 Å². The van der Waals surface area contributed by atoms with Crippen LogP contribution in [0.15, 0.2) is 78.5 Å². The van der Waals surface area contributed by atoms with Gasteiger partial charge in [-0.05, 0) is 29.3 Å². The number of allylic oxidation sites excluding steroid dienone is 3. The van der Waals surface area contributed by atoms with Gasteiger partial charge in [-0.1, -0.05) is 36.4 Å². The maximum Gasteiger partial charge on any atom is 0.116 e. The Morgan fingerprint density at radius 3 is 2.57 bits per heavy atom. The summed E-state index contributed by atoms with van der Waals surface area (Å²) in [5.41, 5.74) is 3.58. The monoisotopic (exact) mass is 278 g/mol. The molecule has 1 aromatic heterocycles. The molecular weight excluding hydrogens is 260 g/mol. The number of nitrogens with zero attached hydrogens (tertiary/aromatic N) is 1. The van der Waals surface area contributed by atoms with Gasteiger partial charge in [-0.3, -0.25) is 4.98 Å². The number of pyridine rings is 1. The molecule has 0 radical (unpaired) electrons. The fourth-order valence-electron chi connectivity index (χ4n) is 2.21. The standard InChI is InChI=1S/C18H18N2O/c1-2-5-15(6-3-1)14-21-18-9-8-17(20-13-18)11-16-7-4-10-19-12-16/h1-10,12,20H,11,13-14H2. The highest BCUT2D eigenvalue weighted by atomic mass is 16.5. The zero-order valence-corrected chi connectivity index (χ0v) is 11.8. The van der Waals surface area contributed by atoms with Crippen LogP contribution in [0.4, 0.5) is 0 Å². The van der Waals surface area contributed by atoms with E-state index in [0.717, 1.165) is 18.7 Å². The Labute approximate surface area is 125 Å². The summed E-state index contributed by atoms with van der Waals surface area (Å²) in [7, 11) is 0. The van der Waals surface area contributed by atoms with Crippen LogP contribution < -0.4 is 5.32 Å². The molecule has 106 valence electrons. The smallest absolute Gasteiger partial charge is 0.116 e. The number of aromatic nitrogens is 1. The van der Waals surface area contributed by atoms with Gasteiger partial charge in [0.2, 0.25) is 0 Å². The molecule has 3 rings (SSSR count). The molecule has 2 heterocycles. The van der Waals surface area contributed by atoms with E-state index in [9.17, 15) is 0 Å². The van der Waals surface area contributed by atoms with Crippen LogP contribution in [-0.4, -0.2) is 11.5 Å². The van der Waals surface area contributed by atoms with Gasteiger partial charge in [0.15, 0.2) is 0 Å². The molecule has 0 saturated heterocycles. The van der Waals surface area contributed by atoms with Gasteiger partial charge in [-0.25, -0.2) is 0 Å². The molecule has 1 aromatic carbocycles. The van der Waals surface area contributed by atoms with Crippen molar-refractivity contribution < 1.29 is 4.74 Å². The molecule has 21 heavy (non-hydrogen) atoms. The minimum absolute atomic E-state index is 0.611. The number of rotatable bonds is 5. The number of ether oxygens (including phenoxy) is 1. The Morgan fingerprint density at radius 2 is 1.86 bits per heavy atom. The molecule has 1 aliphatic heterocycles. The van der Waals surface area contributed by atoms with Crippen molar-refractivity contribution in [3.05, 3.63) is 89.6 Å². The Kier molecular flexibility index (Phi) is 4.32. The van der Waals surface area contributed by atoms with Gasteiger partial charge in [0, 0.05) is 24.5 Å². The van der Waals surface area contributed by atoms with Gasteiger partial charge in [0.05, 0.1) is 6.54 Å². The van der Waals surface area contributed by atoms with Crippen molar-refractivity contribution in [2.75, 3.05) is 6.54 Å². The van der Waals surface area contributed by atoms with Gasteiger partial charge >= 0.3 is 0 Å². The first-order valence-corrected chi connectivity index (χ1v) is 7.09. The Balaban J connectivity index is 1.55. The summed E-state index contributed by atoms with van der Waals surface area (Å²) in [4.78, 5) is 4.13. The molecule has 0 spiro atoms. The Hall–Kier alpha value is -2.55. The second kappa shape index (κ2) is 6.75. The number of benzene rings is 1. The van der Waals surface area contributed by atoms with Crippen LogP contribution >= 0.6 is 0 Å². The third kappa shape index (κ3) is 3.96. The normalized spacial score (nSPS) is 13.9. The predicted octanol–water partition coefficient (Wildman–Crippen LogP) is 3.21. The summed E-state index contributed by atoms with van der Waals surface area (Å²) in [6.07, 6.45) is 8.69. The van der Waals surface area contributed by atoms with Crippen molar-refractivity contribution >= 4 is 0 Å². The van der Waals surface area contributed by atoms with Gasteiger partial charge in [0.25, 0.3) is 0 Å². The molecule has 3 nitrogen and oxygen atoms in total. The number of hydrogen-bond donors (Lipinski definition) is 1. The lowest BCUT2D eigenvalue weighted by molar-refractivity contribution is 0.192. The fourth-order valence-corrected chi connectivity index (χ4v) is 2.21. The lowest BCUT2D eigenvalue weighted by Crippen LogP contribution is -2.22. The molecule has 0 bridgehead atoms. The summed E-state index contributed by atoms with van der Waals surface area (Å²) < 4.78 is 5.81. The molecular formula is C18H18N2O. The summed E-state index contributed by atoms with van der Waals surface area (Å²) in [5.74, 6) is 0.966. The minimum atomic E-state index is 0.611. The molecule has 0 aliphatic carbocycles. The summed E-state index contributed by atoms with van der Waals surface area (Å²) in [6, 6.07) is 14.2. The van der Waals surface area contributed by atoms with Gasteiger partial charge in [-0.2, -0.15) is 0 Å². The first-order valence-electron chi connectivity index (χ1n) is 7.09. The molecule has 0 amide bonds. The maximum absolute atomic E-state index is 5.81. The molecule has 0 fully saturated rings. The van der Waals surface area contributed by atoms with Crippen molar-refractivity contribution in [2.45, 2.75) is 13.0 Å². The third-order valence-electron chi connectivity index (χ3n) is 3.34. The van der Waals surface area contributed by atoms with Crippen molar-refractivity contribution in [3.8, 4) is 0 Å². The SMILES string of the molecule is C1=C(Cc2cccnc2)NCC(OCc2ccccc2)=C1. The van der Waals surface area contributed by atoms with Crippen LogP contribution in [0.25, 0.3) is 0 Å². The van der Waals surface area contributed by atoms with Gasteiger partial charge < -0.3 is 10.1 Å². The topological polar surface area (TPSA) is 34.2 Å². The quantitative estimate of drug-likeness (QED) is 0.912. The first kappa shape index (κ1) is 13.4. The molecule has 3 heteroatoms. The van der Waals surface area contributed by atoms with Crippen LogP contribution in [0.5, 0.6) is 0 Å². The van der Waals surface area contributed by atoms with Crippen LogP contribution in [0.2, 0.25) is 0 Å². The molecule has 0 atom stereocenters. The zero-order chi connectivity index (χ0) is 14.3. The molecule has 0 unspecified atom stereocenters. The number of hydrogen-bond acceptors (Lipinski definition) is 3. The highest BCUT2D eigenvalue weighted by Crippen LogP contribution is 2.12. The summed E-state index contributed by atoms with van der Waals surface area (Å²) in [5, 5.41) is 3.39. The highest BCUT2D eigenvalue weighted by Gasteiger charge is 2.07. The van der Waals surface area contributed by atoms with Crippen molar-refractivity contribution in [2.24, 2.45) is 0 Å². The Morgan fingerprint density at radius 1 is 1.00 bits per heavy atom. The van der Waals surface area contributed by atoms with E-state index >= 15 is 0 Å². The van der Waals surface area contributed by atoms with Gasteiger partial charge in [-0.15, -0.1) is 0 Å². The largest absolute Gasteiger partial charge is 0.491 e. The molecule has 1 aliphatic rings. The van der Waals surface area contributed by atoms with E-state index in [4.69, 9.17) is 4.74 Å². The minimum Gasteiger partial charge on any atom is -0.491 e. The van der Waals surface area contributed by atoms with E-state index < -0.39 is 0 Å². The average Bonchev–Trinajstić information content (AvgIpc) is 2.56. The average molecular weight is 278 g/mol. The van der Waals surface area contributed by atoms with E-state index in [1.54, 1.807) is 6.20 Å². The molecule has 0 saturated carbocycles. The number of dihydropyridines is 1. The second-order valence-corrected chi connectivity index (χ2v) is 4.99. The summed E-state index contributed by atoms with van der Waals surface area (Å²) >= 11 is 0. The lowest BCUT2D eigenvalue weighted by Gasteiger charge is -2.18. The van der Waals surface area contributed by atoms with E-state index in [1.807, 2.05) is 36.5 Å². The van der Waals surface area contributed by atoms with Crippen LogP contribution in [0.1, 0.15) is 11.1 Å². The van der Waals surface area contributed by atoms with Gasteiger partial charge in [0.1, 0.15) is 12.4 Å². The lowest BCUT2D eigenvalue weighted by atomic mass is 10.1. The first-order chi connectivity index (χ1) is 10.4. The molecule has 1 N–H and O–H groups in total. The predicted molar refractivity (Wildman–Crippen MR) is 83.3 cm³/mol. The van der Waals surface area contributed by atoms with E-state index in [-0.39, 0.29) is 0 Å². The van der Waals surface area contributed by atoms with Crippen LogP contribution in [0.3, 0.4) is 0 Å². The van der Waals surface area contributed by atoms with Crippen LogP contribution in [-0.2, 0) is 17.8 Å². The number of nitrogens with one attached hydrogen (secondary N) is 1. The fraction of sp³-hybridized carbons (Fsp3) is 0.167. The second-order valence-electron chi connectivity index (χ2n) is 4.99. The maximum atomic E-state index is 5.81. The van der Waals surface area contributed by atoms with Crippen molar-refractivity contribution in [1.82, 2.24) is 10.3 Å². The third-order valence-corrected chi connectivity index (χ3v) is 3.34. The summed E-state index contributed by atoms with van der Waals surface area (Å²) in [6.45, 7) is 1.35. The molecule has 2 aromatic rings.